The molecule has 4 heteroatoms. The number of fused-ring (bicyclic) bond motifs is 4. The Hall–Kier alpha value is -2.39. The van der Waals surface area contributed by atoms with Gasteiger partial charge in [0.15, 0.2) is 0 Å². The van der Waals surface area contributed by atoms with Crippen molar-refractivity contribution in [3.8, 4) is 17.0 Å². The molecule has 0 saturated carbocycles. The minimum atomic E-state index is -0.124. The van der Waals surface area contributed by atoms with Crippen molar-refractivity contribution >= 4 is 28.3 Å². The highest BCUT2D eigenvalue weighted by atomic mass is 35.5. The second-order valence-corrected chi connectivity index (χ2v) is 5.26. The van der Waals surface area contributed by atoms with E-state index >= 15 is 0 Å². The smallest absolute Gasteiger partial charge is 0.201 e. The molecule has 1 heterocycles. The van der Waals surface area contributed by atoms with Crippen LogP contribution in [0.15, 0.2) is 42.5 Å². The molecule has 3 aromatic rings. The van der Waals surface area contributed by atoms with Crippen LogP contribution in [-0.2, 0) is 0 Å². The van der Waals surface area contributed by atoms with Crippen molar-refractivity contribution in [3.63, 3.8) is 0 Å². The highest BCUT2D eigenvalue weighted by molar-refractivity contribution is 6.42. The molecule has 0 spiro atoms. The lowest BCUT2D eigenvalue weighted by atomic mass is 10.1. The van der Waals surface area contributed by atoms with Crippen LogP contribution in [0.25, 0.3) is 22.2 Å². The molecule has 21 heavy (non-hydrogen) atoms. The number of halogens is 1. The van der Waals surface area contributed by atoms with Gasteiger partial charge in [-0.1, -0.05) is 41.9 Å². The summed E-state index contributed by atoms with van der Waals surface area (Å²) in [4.78, 5) is 17.4. The maximum atomic E-state index is 12.7. The zero-order chi connectivity index (χ0) is 14.6. The van der Waals surface area contributed by atoms with E-state index in [9.17, 15) is 4.79 Å². The van der Waals surface area contributed by atoms with Gasteiger partial charge in [0, 0.05) is 10.9 Å². The van der Waals surface area contributed by atoms with Crippen LogP contribution < -0.4 is 4.74 Å². The lowest BCUT2D eigenvalue weighted by Crippen LogP contribution is -2.00. The van der Waals surface area contributed by atoms with Crippen molar-refractivity contribution < 1.29 is 9.53 Å². The van der Waals surface area contributed by atoms with E-state index in [0.717, 1.165) is 16.5 Å². The van der Waals surface area contributed by atoms with Crippen LogP contribution in [0.5, 0.6) is 5.75 Å². The summed E-state index contributed by atoms with van der Waals surface area (Å²) in [5.74, 6) is 0.427. The fraction of sp³-hybridized carbons (Fsp3) is 0.0588. The van der Waals surface area contributed by atoms with Crippen LogP contribution in [0.3, 0.4) is 0 Å². The Bertz CT molecular complexity index is 918. The first-order valence-electron chi connectivity index (χ1n) is 6.52. The summed E-state index contributed by atoms with van der Waals surface area (Å²) < 4.78 is 5.30. The number of hydrogen-bond donors (Lipinski definition) is 0. The van der Waals surface area contributed by atoms with Crippen LogP contribution in [0.4, 0.5) is 0 Å². The molecule has 4 rings (SSSR count). The van der Waals surface area contributed by atoms with Crippen LogP contribution in [-0.4, -0.2) is 17.9 Å². The number of ether oxygens (including phenoxy) is 1. The van der Waals surface area contributed by atoms with E-state index in [-0.39, 0.29) is 5.78 Å². The number of benzene rings is 2. The zero-order valence-corrected chi connectivity index (χ0v) is 11.9. The Labute approximate surface area is 126 Å². The van der Waals surface area contributed by atoms with Crippen molar-refractivity contribution in [2.24, 2.45) is 0 Å². The first-order valence-corrected chi connectivity index (χ1v) is 6.90. The Balaban J connectivity index is 2.15. The molecule has 0 aliphatic heterocycles. The topological polar surface area (TPSA) is 39.2 Å². The van der Waals surface area contributed by atoms with Crippen molar-refractivity contribution in [2.45, 2.75) is 0 Å². The standard InChI is InChI=1S/C17H10ClNO2/c1-21-12-8-4-6-10-13(12)17(20)14-15(18)9-5-2-3-7-11(9)19-16(10)14/h2-8H,1H3. The number of methoxy groups -OCH3 is 1. The third-order valence-electron chi connectivity index (χ3n) is 3.78. The molecule has 0 amide bonds. The molecular weight excluding hydrogens is 286 g/mol. The number of pyridine rings is 1. The van der Waals surface area contributed by atoms with E-state index in [1.54, 1.807) is 13.2 Å². The average molecular weight is 296 g/mol. The third kappa shape index (κ3) is 1.55. The highest BCUT2D eigenvalue weighted by Gasteiger charge is 2.34. The fourth-order valence-electron chi connectivity index (χ4n) is 2.83. The van der Waals surface area contributed by atoms with Gasteiger partial charge in [0.2, 0.25) is 5.78 Å². The monoisotopic (exact) mass is 295 g/mol. The zero-order valence-electron chi connectivity index (χ0n) is 11.2. The largest absolute Gasteiger partial charge is 0.496 e. The minimum absolute atomic E-state index is 0.124. The summed E-state index contributed by atoms with van der Waals surface area (Å²) in [6.07, 6.45) is 0. The Kier molecular flexibility index (Phi) is 2.53. The van der Waals surface area contributed by atoms with Crippen molar-refractivity contribution in [1.29, 1.82) is 0 Å². The molecule has 0 unspecified atom stereocenters. The molecule has 0 radical (unpaired) electrons. The molecule has 0 bridgehead atoms. The molecule has 1 aliphatic carbocycles. The van der Waals surface area contributed by atoms with Crippen molar-refractivity contribution in [2.75, 3.05) is 7.11 Å². The van der Waals surface area contributed by atoms with Gasteiger partial charge in [0.05, 0.1) is 34.5 Å². The van der Waals surface area contributed by atoms with E-state index in [1.807, 2.05) is 36.4 Å². The number of nitrogens with zero attached hydrogens (tertiary/aromatic N) is 1. The molecular formula is C17H10ClNO2. The van der Waals surface area contributed by atoms with Crippen LogP contribution >= 0.6 is 11.6 Å². The maximum absolute atomic E-state index is 12.7. The normalized spacial score (nSPS) is 12.4. The summed E-state index contributed by atoms with van der Waals surface area (Å²) in [6.45, 7) is 0. The van der Waals surface area contributed by atoms with Gasteiger partial charge >= 0.3 is 0 Å². The average Bonchev–Trinajstić information content (AvgIpc) is 2.81. The van der Waals surface area contributed by atoms with Gasteiger partial charge in [-0.15, -0.1) is 0 Å². The summed E-state index contributed by atoms with van der Waals surface area (Å²) in [6, 6.07) is 13.1. The Morgan fingerprint density at radius 1 is 1.05 bits per heavy atom. The number of carbonyl (C=O) groups is 1. The van der Waals surface area contributed by atoms with Crippen molar-refractivity contribution in [1.82, 2.24) is 4.98 Å². The van der Waals surface area contributed by atoms with Gasteiger partial charge in [0.25, 0.3) is 0 Å². The van der Waals surface area contributed by atoms with E-state index in [4.69, 9.17) is 16.3 Å². The number of rotatable bonds is 1. The number of hydrogen-bond acceptors (Lipinski definition) is 3. The number of ketones is 1. The van der Waals surface area contributed by atoms with Gasteiger partial charge in [-0.2, -0.15) is 0 Å². The minimum Gasteiger partial charge on any atom is -0.496 e. The van der Waals surface area contributed by atoms with E-state index in [2.05, 4.69) is 4.98 Å². The number of aromatic nitrogens is 1. The molecule has 102 valence electrons. The quantitative estimate of drug-likeness (QED) is 0.530. The summed E-state index contributed by atoms with van der Waals surface area (Å²) in [5.41, 5.74) is 3.21. The predicted octanol–water partition coefficient (Wildman–Crippen LogP) is 4.11. The summed E-state index contributed by atoms with van der Waals surface area (Å²) in [5, 5.41) is 1.25. The van der Waals surface area contributed by atoms with Gasteiger partial charge in [0.1, 0.15) is 5.75 Å². The second-order valence-electron chi connectivity index (χ2n) is 4.88. The molecule has 0 atom stereocenters. The van der Waals surface area contributed by atoms with Crippen molar-refractivity contribution in [3.05, 3.63) is 58.6 Å². The molecule has 1 aromatic heterocycles. The molecule has 0 saturated heterocycles. The Morgan fingerprint density at radius 3 is 2.67 bits per heavy atom. The maximum Gasteiger partial charge on any atom is 0.201 e. The molecule has 2 aromatic carbocycles. The summed E-state index contributed by atoms with van der Waals surface area (Å²) in [7, 11) is 1.55. The van der Waals surface area contributed by atoms with Gasteiger partial charge < -0.3 is 4.74 Å². The Morgan fingerprint density at radius 2 is 1.86 bits per heavy atom. The highest BCUT2D eigenvalue weighted by Crippen LogP contribution is 2.44. The fourth-order valence-corrected chi connectivity index (χ4v) is 3.17. The summed E-state index contributed by atoms with van der Waals surface area (Å²) >= 11 is 6.47. The van der Waals surface area contributed by atoms with E-state index in [1.165, 1.54) is 0 Å². The van der Waals surface area contributed by atoms with E-state index in [0.29, 0.717) is 27.6 Å². The molecule has 0 fully saturated rings. The van der Waals surface area contributed by atoms with Crippen LogP contribution in [0, 0.1) is 0 Å². The van der Waals surface area contributed by atoms with Crippen LogP contribution in [0.1, 0.15) is 15.9 Å². The first-order chi connectivity index (χ1) is 10.2. The lowest BCUT2D eigenvalue weighted by Gasteiger charge is -2.05. The second kappa shape index (κ2) is 4.30. The predicted molar refractivity (Wildman–Crippen MR) is 82.2 cm³/mol. The van der Waals surface area contributed by atoms with Gasteiger partial charge in [-0.25, -0.2) is 4.98 Å². The first kappa shape index (κ1) is 12.4. The van der Waals surface area contributed by atoms with E-state index < -0.39 is 0 Å². The molecule has 1 aliphatic rings. The SMILES string of the molecule is COc1cccc2c1C(=O)c1c-2nc2ccccc2c1Cl. The number of para-hydroxylation sites is 1. The lowest BCUT2D eigenvalue weighted by molar-refractivity contribution is 0.104. The molecule has 0 N–H and O–H groups in total. The third-order valence-corrected chi connectivity index (χ3v) is 4.18. The van der Waals surface area contributed by atoms with Gasteiger partial charge in [-0.05, 0) is 12.1 Å². The number of carbonyl (C=O) groups excluding carboxylic acids is 1. The van der Waals surface area contributed by atoms with Crippen LogP contribution in [0.2, 0.25) is 5.02 Å². The van der Waals surface area contributed by atoms with Gasteiger partial charge in [-0.3, -0.25) is 4.79 Å². The molecule has 3 nitrogen and oxygen atoms in total.